The summed E-state index contributed by atoms with van der Waals surface area (Å²) in [6, 6.07) is 12.3. The summed E-state index contributed by atoms with van der Waals surface area (Å²) in [5.74, 6) is 0. The molecule has 0 bridgehead atoms. The summed E-state index contributed by atoms with van der Waals surface area (Å²) < 4.78 is 1.77. The normalized spacial score (nSPS) is 15.1. The Bertz CT molecular complexity index is 660. The van der Waals surface area contributed by atoms with Crippen molar-refractivity contribution in [1.82, 2.24) is 9.47 Å². The van der Waals surface area contributed by atoms with E-state index in [0.717, 1.165) is 32.6 Å². The SMILES string of the molecule is CCn1cc(CN2CCc3ccccc3C2)ccc1=O. The van der Waals surface area contributed by atoms with Crippen LogP contribution in [0.3, 0.4) is 0 Å². The lowest BCUT2D eigenvalue weighted by molar-refractivity contribution is 0.245. The maximum absolute atomic E-state index is 11.6. The number of aromatic nitrogens is 1. The Morgan fingerprint density at radius 2 is 1.90 bits per heavy atom. The van der Waals surface area contributed by atoms with Gasteiger partial charge in [-0.3, -0.25) is 9.69 Å². The van der Waals surface area contributed by atoms with E-state index >= 15 is 0 Å². The molecule has 0 radical (unpaired) electrons. The number of hydrogen-bond acceptors (Lipinski definition) is 2. The minimum absolute atomic E-state index is 0.0836. The van der Waals surface area contributed by atoms with Crippen LogP contribution in [0.1, 0.15) is 23.6 Å². The van der Waals surface area contributed by atoms with Crippen LogP contribution in [-0.4, -0.2) is 16.0 Å². The number of hydrogen-bond donors (Lipinski definition) is 0. The van der Waals surface area contributed by atoms with Gasteiger partial charge in [0.1, 0.15) is 0 Å². The maximum Gasteiger partial charge on any atom is 0.250 e. The Kier molecular flexibility index (Phi) is 3.70. The van der Waals surface area contributed by atoms with Crippen LogP contribution in [0, 0.1) is 0 Å². The molecule has 1 aromatic carbocycles. The predicted octanol–water partition coefficient (Wildman–Crippen LogP) is 2.43. The van der Waals surface area contributed by atoms with E-state index in [-0.39, 0.29) is 5.56 Å². The predicted molar refractivity (Wildman–Crippen MR) is 80.6 cm³/mol. The third kappa shape index (κ3) is 2.68. The third-order valence-electron chi connectivity index (χ3n) is 4.00. The first-order valence-corrected chi connectivity index (χ1v) is 7.25. The lowest BCUT2D eigenvalue weighted by atomic mass is 10.00. The van der Waals surface area contributed by atoms with Gasteiger partial charge in [-0.15, -0.1) is 0 Å². The molecule has 0 saturated carbocycles. The Labute approximate surface area is 119 Å². The highest BCUT2D eigenvalue weighted by atomic mass is 16.1. The molecule has 1 aliphatic heterocycles. The van der Waals surface area contributed by atoms with Gasteiger partial charge in [0.2, 0.25) is 0 Å². The van der Waals surface area contributed by atoms with Gasteiger partial charge < -0.3 is 4.57 Å². The van der Waals surface area contributed by atoms with Gasteiger partial charge in [-0.25, -0.2) is 0 Å². The highest BCUT2D eigenvalue weighted by molar-refractivity contribution is 5.29. The lowest BCUT2D eigenvalue weighted by Gasteiger charge is -2.28. The number of fused-ring (bicyclic) bond motifs is 1. The molecular formula is C17H20N2O. The number of aryl methyl sites for hydroxylation is 1. The molecule has 20 heavy (non-hydrogen) atoms. The molecule has 0 amide bonds. The highest BCUT2D eigenvalue weighted by Crippen LogP contribution is 2.19. The van der Waals surface area contributed by atoms with Crippen molar-refractivity contribution in [2.75, 3.05) is 6.54 Å². The van der Waals surface area contributed by atoms with Crippen LogP contribution in [0.2, 0.25) is 0 Å². The van der Waals surface area contributed by atoms with Crippen LogP contribution < -0.4 is 5.56 Å². The van der Waals surface area contributed by atoms with Gasteiger partial charge in [0.25, 0.3) is 5.56 Å². The Morgan fingerprint density at radius 1 is 1.10 bits per heavy atom. The maximum atomic E-state index is 11.6. The number of benzene rings is 1. The van der Waals surface area contributed by atoms with Gasteiger partial charge in [-0.1, -0.05) is 30.3 Å². The van der Waals surface area contributed by atoms with Gasteiger partial charge in [-0.05, 0) is 30.0 Å². The van der Waals surface area contributed by atoms with Crippen molar-refractivity contribution < 1.29 is 0 Å². The van der Waals surface area contributed by atoms with Gasteiger partial charge in [0, 0.05) is 38.4 Å². The van der Waals surface area contributed by atoms with Gasteiger partial charge in [0.15, 0.2) is 0 Å². The standard InChI is InChI=1S/C17H20N2O/c1-2-19-12-14(7-8-17(19)20)11-18-10-9-15-5-3-4-6-16(15)13-18/h3-8,12H,2,9-11,13H2,1H3. The Hall–Kier alpha value is -1.87. The zero-order valence-corrected chi connectivity index (χ0v) is 11.9. The van der Waals surface area contributed by atoms with Crippen molar-refractivity contribution in [2.24, 2.45) is 0 Å². The van der Waals surface area contributed by atoms with Crippen molar-refractivity contribution in [3.63, 3.8) is 0 Å². The molecule has 2 aromatic rings. The van der Waals surface area contributed by atoms with E-state index in [4.69, 9.17) is 0 Å². The average molecular weight is 268 g/mol. The molecular weight excluding hydrogens is 248 g/mol. The monoisotopic (exact) mass is 268 g/mol. The van der Waals surface area contributed by atoms with Gasteiger partial charge in [-0.2, -0.15) is 0 Å². The lowest BCUT2D eigenvalue weighted by Crippen LogP contribution is -2.30. The van der Waals surface area contributed by atoms with Crippen molar-refractivity contribution in [3.05, 3.63) is 69.6 Å². The molecule has 0 N–H and O–H groups in total. The molecule has 0 fully saturated rings. The summed E-state index contributed by atoms with van der Waals surface area (Å²) in [6.07, 6.45) is 3.10. The zero-order chi connectivity index (χ0) is 13.9. The van der Waals surface area contributed by atoms with Gasteiger partial charge >= 0.3 is 0 Å². The third-order valence-corrected chi connectivity index (χ3v) is 4.00. The second-order valence-corrected chi connectivity index (χ2v) is 5.39. The number of pyridine rings is 1. The largest absolute Gasteiger partial charge is 0.315 e. The molecule has 3 rings (SSSR count). The van der Waals surface area contributed by atoms with Gasteiger partial charge in [0.05, 0.1) is 0 Å². The summed E-state index contributed by atoms with van der Waals surface area (Å²) in [5, 5.41) is 0. The van der Waals surface area contributed by atoms with Crippen LogP contribution in [0.25, 0.3) is 0 Å². The zero-order valence-electron chi connectivity index (χ0n) is 11.9. The fourth-order valence-corrected chi connectivity index (χ4v) is 2.87. The number of rotatable bonds is 3. The molecule has 0 spiro atoms. The molecule has 0 atom stereocenters. The van der Waals surface area contributed by atoms with Crippen molar-refractivity contribution in [1.29, 1.82) is 0 Å². The van der Waals surface area contributed by atoms with E-state index in [1.54, 1.807) is 10.6 Å². The van der Waals surface area contributed by atoms with Crippen molar-refractivity contribution in [3.8, 4) is 0 Å². The fourth-order valence-electron chi connectivity index (χ4n) is 2.87. The molecule has 3 nitrogen and oxygen atoms in total. The molecule has 1 aromatic heterocycles. The van der Waals surface area contributed by atoms with Crippen LogP contribution >= 0.6 is 0 Å². The Morgan fingerprint density at radius 3 is 2.70 bits per heavy atom. The van der Waals surface area contributed by atoms with Crippen molar-refractivity contribution >= 4 is 0 Å². The summed E-state index contributed by atoms with van der Waals surface area (Å²) in [7, 11) is 0. The average Bonchev–Trinajstić information content (AvgIpc) is 2.49. The molecule has 0 aliphatic carbocycles. The Balaban J connectivity index is 1.75. The minimum atomic E-state index is 0.0836. The van der Waals surface area contributed by atoms with Crippen molar-refractivity contribution in [2.45, 2.75) is 33.0 Å². The number of nitrogens with zero attached hydrogens (tertiary/aromatic N) is 2. The summed E-state index contributed by atoms with van der Waals surface area (Å²) in [4.78, 5) is 14.1. The second-order valence-electron chi connectivity index (χ2n) is 5.39. The topological polar surface area (TPSA) is 25.2 Å². The van der Waals surface area contributed by atoms with E-state index in [9.17, 15) is 4.79 Å². The molecule has 104 valence electrons. The highest BCUT2D eigenvalue weighted by Gasteiger charge is 2.15. The second kappa shape index (κ2) is 5.63. The summed E-state index contributed by atoms with van der Waals surface area (Å²) >= 11 is 0. The van der Waals surface area contributed by atoms with Crippen LogP contribution in [0.15, 0.2) is 47.4 Å². The van der Waals surface area contributed by atoms with E-state index in [1.165, 1.54) is 16.7 Å². The quantitative estimate of drug-likeness (QED) is 0.854. The van der Waals surface area contributed by atoms with Crippen LogP contribution in [-0.2, 0) is 26.1 Å². The minimum Gasteiger partial charge on any atom is -0.315 e. The first-order chi connectivity index (χ1) is 9.76. The van der Waals surface area contributed by atoms with E-state index in [2.05, 4.69) is 29.2 Å². The van der Waals surface area contributed by atoms with E-state index in [0.29, 0.717) is 0 Å². The van der Waals surface area contributed by atoms with Crippen LogP contribution in [0.5, 0.6) is 0 Å². The smallest absolute Gasteiger partial charge is 0.250 e. The molecule has 0 unspecified atom stereocenters. The molecule has 1 aliphatic rings. The molecule has 0 saturated heterocycles. The summed E-state index contributed by atoms with van der Waals surface area (Å²) in [5.41, 5.74) is 4.20. The fraction of sp³-hybridized carbons (Fsp3) is 0.353. The van der Waals surface area contributed by atoms with E-state index in [1.807, 2.05) is 19.2 Å². The first kappa shape index (κ1) is 13.1. The van der Waals surface area contributed by atoms with E-state index < -0.39 is 0 Å². The van der Waals surface area contributed by atoms with Crippen LogP contribution in [0.4, 0.5) is 0 Å². The summed E-state index contributed by atoms with van der Waals surface area (Å²) in [6.45, 7) is 5.73. The molecule has 3 heteroatoms. The molecule has 2 heterocycles. The first-order valence-electron chi connectivity index (χ1n) is 7.25.